The van der Waals surface area contributed by atoms with Crippen LogP contribution < -0.4 is 10.1 Å². The Morgan fingerprint density at radius 3 is 2.56 bits per heavy atom. The van der Waals surface area contributed by atoms with Gasteiger partial charge in [-0.25, -0.2) is 4.98 Å². The topological polar surface area (TPSA) is 97.8 Å². The van der Waals surface area contributed by atoms with Crippen LogP contribution in [0.3, 0.4) is 0 Å². The highest BCUT2D eigenvalue weighted by atomic mass is 16.5. The van der Waals surface area contributed by atoms with Gasteiger partial charge in [-0.05, 0) is 42.2 Å². The molecule has 8 nitrogen and oxygen atoms in total. The number of Topliss-reactive ketones (excluding diaryl/α,β-unsaturated/α-hetero) is 1. The number of nitrogens with zero attached hydrogens (tertiary/aromatic N) is 2. The van der Waals surface area contributed by atoms with Crippen LogP contribution in [0.5, 0.6) is 5.75 Å². The van der Waals surface area contributed by atoms with Crippen molar-refractivity contribution in [1.29, 1.82) is 0 Å². The first-order valence-electron chi connectivity index (χ1n) is 12.1. The molecule has 8 heteroatoms. The minimum absolute atomic E-state index is 0.0369. The van der Waals surface area contributed by atoms with E-state index in [0.29, 0.717) is 11.9 Å². The van der Waals surface area contributed by atoms with E-state index in [1.165, 1.54) is 4.90 Å². The Kier molecular flexibility index (Phi) is 7.95. The molecule has 3 aromatic rings. The summed E-state index contributed by atoms with van der Waals surface area (Å²) in [5.74, 6) is 0.0378. The highest BCUT2D eigenvalue weighted by Crippen LogP contribution is 2.18. The Bertz CT molecular complexity index is 1240. The predicted octanol–water partition coefficient (Wildman–Crippen LogP) is 3.38. The van der Waals surface area contributed by atoms with Gasteiger partial charge in [0.25, 0.3) is 5.91 Å². The third kappa shape index (κ3) is 6.07. The smallest absolute Gasteiger partial charge is 0.270 e. The minimum atomic E-state index is -0.765. The van der Waals surface area contributed by atoms with E-state index in [0.717, 1.165) is 16.7 Å². The van der Waals surface area contributed by atoms with E-state index in [2.05, 4.69) is 10.3 Å². The third-order valence-electron chi connectivity index (χ3n) is 6.16. The zero-order chi connectivity index (χ0) is 25.7. The van der Waals surface area contributed by atoms with Gasteiger partial charge in [0, 0.05) is 5.39 Å². The van der Waals surface area contributed by atoms with Gasteiger partial charge in [-0.2, -0.15) is 0 Å². The molecule has 0 bridgehead atoms. The highest BCUT2D eigenvalue weighted by molar-refractivity contribution is 5.99. The first kappa shape index (κ1) is 25.3. The number of methoxy groups -OCH3 is 1. The molecule has 1 aliphatic heterocycles. The first-order chi connectivity index (χ1) is 17.3. The summed E-state index contributed by atoms with van der Waals surface area (Å²) in [5.41, 5.74) is 1.86. The van der Waals surface area contributed by atoms with Gasteiger partial charge in [0.05, 0.1) is 32.3 Å². The van der Waals surface area contributed by atoms with Crippen molar-refractivity contribution in [2.75, 3.05) is 20.2 Å². The van der Waals surface area contributed by atoms with Crippen LogP contribution in [0.15, 0.2) is 60.7 Å². The number of rotatable bonds is 9. The average Bonchev–Trinajstić information content (AvgIpc) is 3.26. The summed E-state index contributed by atoms with van der Waals surface area (Å²) in [6.07, 6.45) is -0.256. The number of pyridine rings is 1. The molecule has 36 heavy (non-hydrogen) atoms. The summed E-state index contributed by atoms with van der Waals surface area (Å²) >= 11 is 0. The molecule has 1 saturated heterocycles. The van der Waals surface area contributed by atoms with E-state index in [1.54, 1.807) is 13.2 Å². The van der Waals surface area contributed by atoms with E-state index in [9.17, 15) is 14.4 Å². The summed E-state index contributed by atoms with van der Waals surface area (Å²) in [5, 5.41) is 3.78. The molecule has 0 spiro atoms. The number of carbonyl (C=O) groups is 3. The number of hydrogen-bond donors (Lipinski definition) is 1. The van der Waals surface area contributed by atoms with E-state index < -0.39 is 18.1 Å². The third-order valence-corrected chi connectivity index (χ3v) is 6.16. The van der Waals surface area contributed by atoms with Gasteiger partial charge in [0.15, 0.2) is 5.78 Å². The van der Waals surface area contributed by atoms with Crippen molar-refractivity contribution in [3.63, 3.8) is 0 Å². The second-order valence-corrected chi connectivity index (χ2v) is 9.38. The largest absolute Gasteiger partial charge is 0.497 e. The molecule has 0 aliphatic carbocycles. The van der Waals surface area contributed by atoms with Crippen LogP contribution >= 0.6 is 0 Å². The number of ether oxygens (including phenoxy) is 2. The monoisotopic (exact) mass is 489 g/mol. The standard InChI is InChI=1S/C28H31N3O5/c1-18(2)14-24(30-27(33)23-13-10-20-6-4-5-7-22(20)29-23)28(34)31-15-25(32)26(16-31)36-17-19-8-11-21(35-3)12-9-19/h4-13,18,24,26H,14-17H2,1-3H3,(H,30,33). The zero-order valence-electron chi connectivity index (χ0n) is 20.8. The maximum absolute atomic E-state index is 13.4. The molecule has 1 aliphatic rings. The molecule has 188 valence electrons. The molecular formula is C28H31N3O5. The molecule has 2 aromatic carbocycles. The molecule has 4 rings (SSSR count). The SMILES string of the molecule is COc1ccc(COC2CN(C(=O)C(CC(C)C)NC(=O)c3ccc4ccccc4n3)CC2=O)cc1. The number of ketones is 1. The Morgan fingerprint density at radius 2 is 1.83 bits per heavy atom. The number of benzene rings is 2. The molecule has 2 unspecified atom stereocenters. The molecule has 2 heterocycles. The minimum Gasteiger partial charge on any atom is -0.497 e. The van der Waals surface area contributed by atoms with Crippen molar-refractivity contribution in [1.82, 2.24) is 15.2 Å². The normalized spacial score (nSPS) is 16.4. The van der Waals surface area contributed by atoms with E-state index in [-0.39, 0.29) is 43.0 Å². The summed E-state index contributed by atoms with van der Waals surface area (Å²) in [6, 6.07) is 17.6. The van der Waals surface area contributed by atoms with Gasteiger partial charge in [-0.3, -0.25) is 14.4 Å². The molecular weight excluding hydrogens is 458 g/mol. The second-order valence-electron chi connectivity index (χ2n) is 9.38. The fraction of sp³-hybridized carbons (Fsp3) is 0.357. The van der Waals surface area contributed by atoms with E-state index in [1.807, 2.05) is 68.4 Å². The van der Waals surface area contributed by atoms with Gasteiger partial charge >= 0.3 is 0 Å². The lowest BCUT2D eigenvalue weighted by Crippen LogP contribution is -2.49. The average molecular weight is 490 g/mol. The van der Waals surface area contributed by atoms with Crippen molar-refractivity contribution >= 4 is 28.5 Å². The van der Waals surface area contributed by atoms with E-state index >= 15 is 0 Å². The first-order valence-corrected chi connectivity index (χ1v) is 12.1. The molecule has 0 radical (unpaired) electrons. The van der Waals surface area contributed by atoms with Gasteiger partial charge in [-0.15, -0.1) is 0 Å². The van der Waals surface area contributed by atoms with Gasteiger partial charge in [0.1, 0.15) is 23.6 Å². The number of carbonyl (C=O) groups excluding carboxylic acids is 3. The van der Waals surface area contributed by atoms with Crippen LogP contribution in [0.4, 0.5) is 0 Å². The molecule has 0 saturated carbocycles. The van der Waals surface area contributed by atoms with Gasteiger partial charge in [-0.1, -0.05) is 50.2 Å². The van der Waals surface area contributed by atoms with Gasteiger partial charge in [0.2, 0.25) is 5.91 Å². The lowest BCUT2D eigenvalue weighted by molar-refractivity contribution is -0.133. The summed E-state index contributed by atoms with van der Waals surface area (Å²) < 4.78 is 11.0. The van der Waals surface area contributed by atoms with Crippen molar-refractivity contribution in [3.8, 4) is 5.75 Å². The quantitative estimate of drug-likeness (QED) is 0.495. The second kappa shape index (κ2) is 11.3. The fourth-order valence-electron chi connectivity index (χ4n) is 4.23. The number of para-hydroxylation sites is 1. The maximum atomic E-state index is 13.4. The predicted molar refractivity (Wildman–Crippen MR) is 136 cm³/mol. The number of likely N-dealkylation sites (tertiary alicyclic amines) is 1. The fourth-order valence-corrected chi connectivity index (χ4v) is 4.23. The summed E-state index contributed by atoms with van der Waals surface area (Å²) in [4.78, 5) is 44.8. The summed E-state index contributed by atoms with van der Waals surface area (Å²) in [6.45, 7) is 4.34. The van der Waals surface area contributed by atoms with Crippen LogP contribution in [0.2, 0.25) is 0 Å². The van der Waals surface area contributed by atoms with Crippen molar-refractivity contribution in [3.05, 3.63) is 71.9 Å². The molecule has 1 N–H and O–H groups in total. The molecule has 2 amide bonds. The Labute approximate surface area is 210 Å². The van der Waals surface area contributed by atoms with Crippen LogP contribution in [-0.2, 0) is 20.9 Å². The Morgan fingerprint density at radius 1 is 1.08 bits per heavy atom. The number of fused-ring (bicyclic) bond motifs is 1. The number of hydrogen-bond acceptors (Lipinski definition) is 6. The van der Waals surface area contributed by atoms with Crippen LogP contribution in [0.25, 0.3) is 10.9 Å². The Balaban J connectivity index is 1.40. The zero-order valence-corrected chi connectivity index (χ0v) is 20.8. The summed E-state index contributed by atoms with van der Waals surface area (Å²) in [7, 11) is 1.60. The molecule has 2 atom stereocenters. The van der Waals surface area contributed by atoms with Crippen molar-refractivity contribution in [2.45, 2.75) is 39.0 Å². The number of aromatic nitrogens is 1. The lowest BCUT2D eigenvalue weighted by atomic mass is 10.0. The highest BCUT2D eigenvalue weighted by Gasteiger charge is 2.37. The Hall–Kier alpha value is -3.78. The van der Waals surface area contributed by atoms with Crippen LogP contribution in [0, 0.1) is 5.92 Å². The maximum Gasteiger partial charge on any atom is 0.270 e. The van der Waals surface area contributed by atoms with E-state index in [4.69, 9.17) is 9.47 Å². The van der Waals surface area contributed by atoms with Crippen molar-refractivity contribution in [2.24, 2.45) is 5.92 Å². The number of amides is 2. The van der Waals surface area contributed by atoms with Gasteiger partial charge < -0.3 is 19.7 Å². The van der Waals surface area contributed by atoms with Crippen LogP contribution in [-0.4, -0.2) is 59.8 Å². The number of nitrogens with one attached hydrogen (secondary N) is 1. The van der Waals surface area contributed by atoms with Crippen LogP contribution in [0.1, 0.15) is 36.3 Å². The molecule has 1 aromatic heterocycles. The molecule has 1 fully saturated rings. The lowest BCUT2D eigenvalue weighted by Gasteiger charge is -2.25. The van der Waals surface area contributed by atoms with Crippen molar-refractivity contribution < 1.29 is 23.9 Å².